The fraction of sp³-hybridized carbons (Fsp3) is 0.0909. The Morgan fingerprint density at radius 3 is 2.45 bits per heavy atom. The number of thiazole rings is 1. The molecule has 0 unspecified atom stereocenters. The molecule has 1 atom stereocenters. The van der Waals surface area contributed by atoms with Crippen LogP contribution in [-0.2, 0) is 4.79 Å². The first-order valence-electron chi connectivity index (χ1n) is 9.62. The summed E-state index contributed by atoms with van der Waals surface area (Å²) in [7, 11) is 0. The van der Waals surface area contributed by atoms with Crippen molar-refractivity contribution in [2.24, 2.45) is 5.73 Å². The van der Waals surface area contributed by atoms with Crippen molar-refractivity contribution in [2.75, 3.05) is 10.6 Å². The third kappa shape index (κ3) is 4.57. The Morgan fingerprint density at radius 2 is 1.82 bits per heavy atom. The number of anilines is 3. The third-order valence-corrected chi connectivity index (χ3v) is 6.15. The highest BCUT2D eigenvalue weighted by molar-refractivity contribution is 7.18. The number of benzene rings is 2. The lowest BCUT2D eigenvalue weighted by Gasteiger charge is -2.26. The van der Waals surface area contributed by atoms with E-state index in [1.54, 1.807) is 31.2 Å². The molecule has 0 bridgehead atoms. The zero-order valence-corrected chi connectivity index (χ0v) is 18.7. The van der Waals surface area contributed by atoms with Crippen LogP contribution in [0.15, 0.2) is 59.1 Å². The minimum absolute atomic E-state index is 0.0295. The highest BCUT2D eigenvalue weighted by Gasteiger charge is 2.28. The van der Waals surface area contributed by atoms with E-state index in [0.29, 0.717) is 16.4 Å². The normalized spacial score (nSPS) is 11.8. The van der Waals surface area contributed by atoms with Gasteiger partial charge in [0.2, 0.25) is 17.5 Å². The van der Waals surface area contributed by atoms with Gasteiger partial charge >= 0.3 is 0 Å². The number of hydrogen-bond donors (Lipinski definition) is 2. The van der Waals surface area contributed by atoms with E-state index in [4.69, 9.17) is 27.6 Å². The summed E-state index contributed by atoms with van der Waals surface area (Å²) >= 11 is 6.86. The maximum absolute atomic E-state index is 13.4. The van der Waals surface area contributed by atoms with Crippen LogP contribution in [0.25, 0.3) is 11.3 Å². The number of rotatable bonds is 7. The van der Waals surface area contributed by atoms with Crippen molar-refractivity contribution >= 4 is 51.3 Å². The SMILES string of the molecule is C[C@H](C(N)=O)N(c1ccc(F)cc1)c1nc(N)c(C(=O)c2cc(-c3ccc(Cl)cc3)no2)s1. The first-order chi connectivity index (χ1) is 15.7. The molecule has 2 aromatic carbocycles. The number of nitrogen functional groups attached to an aromatic ring is 1. The van der Waals surface area contributed by atoms with Gasteiger partial charge < -0.3 is 20.9 Å². The molecule has 4 aromatic rings. The quantitative estimate of drug-likeness (QED) is 0.371. The van der Waals surface area contributed by atoms with E-state index in [-0.39, 0.29) is 21.6 Å². The minimum atomic E-state index is -0.842. The van der Waals surface area contributed by atoms with Crippen LogP contribution in [0.2, 0.25) is 5.02 Å². The van der Waals surface area contributed by atoms with Crippen LogP contribution in [-0.4, -0.2) is 27.9 Å². The number of ketones is 1. The van der Waals surface area contributed by atoms with Crippen LogP contribution in [0.4, 0.5) is 21.0 Å². The molecule has 0 aliphatic heterocycles. The van der Waals surface area contributed by atoms with E-state index in [0.717, 1.165) is 16.9 Å². The topological polar surface area (TPSA) is 128 Å². The molecular formula is C22H17ClFN5O3S. The molecule has 2 heterocycles. The summed E-state index contributed by atoms with van der Waals surface area (Å²) in [5.41, 5.74) is 13.2. The van der Waals surface area contributed by atoms with Gasteiger partial charge in [0.25, 0.3) is 0 Å². The lowest BCUT2D eigenvalue weighted by molar-refractivity contribution is -0.118. The summed E-state index contributed by atoms with van der Waals surface area (Å²) in [4.78, 5) is 30.8. The van der Waals surface area contributed by atoms with Gasteiger partial charge in [0.1, 0.15) is 28.2 Å². The van der Waals surface area contributed by atoms with Gasteiger partial charge in [0, 0.05) is 22.3 Å². The molecule has 1 amide bonds. The van der Waals surface area contributed by atoms with E-state index in [1.165, 1.54) is 35.2 Å². The molecule has 33 heavy (non-hydrogen) atoms. The van der Waals surface area contributed by atoms with Gasteiger partial charge in [0.05, 0.1) is 0 Å². The number of amides is 1. The Hall–Kier alpha value is -3.76. The summed E-state index contributed by atoms with van der Waals surface area (Å²) < 4.78 is 18.6. The van der Waals surface area contributed by atoms with Gasteiger partial charge in [-0.25, -0.2) is 9.37 Å². The van der Waals surface area contributed by atoms with Gasteiger partial charge in [0.15, 0.2) is 5.13 Å². The van der Waals surface area contributed by atoms with Gasteiger partial charge in [-0.1, -0.05) is 40.2 Å². The summed E-state index contributed by atoms with van der Waals surface area (Å²) in [5, 5.41) is 4.75. The summed E-state index contributed by atoms with van der Waals surface area (Å²) in [6.07, 6.45) is 0. The summed E-state index contributed by atoms with van der Waals surface area (Å²) in [6.45, 7) is 1.57. The van der Waals surface area contributed by atoms with Crippen LogP contribution in [0.1, 0.15) is 22.4 Å². The maximum Gasteiger partial charge on any atom is 0.244 e. The number of hydrogen-bond acceptors (Lipinski definition) is 8. The van der Waals surface area contributed by atoms with E-state index < -0.39 is 23.5 Å². The van der Waals surface area contributed by atoms with Crippen LogP contribution in [0.5, 0.6) is 0 Å². The van der Waals surface area contributed by atoms with Crippen molar-refractivity contribution in [1.29, 1.82) is 0 Å². The molecule has 0 aliphatic carbocycles. The molecule has 0 spiro atoms. The standard InChI is InChI=1S/C22H17ClFN5O3S/c1-11(21(26)31)29(15-8-6-14(24)7-9-15)22-27-20(25)19(33-22)18(30)17-10-16(28-32-17)12-2-4-13(23)5-3-12/h2-11H,25H2,1H3,(H2,26,31)/t11-/m1/s1. The molecule has 0 aliphatic rings. The lowest BCUT2D eigenvalue weighted by atomic mass is 10.1. The average Bonchev–Trinajstić information content (AvgIpc) is 3.42. The third-order valence-electron chi connectivity index (χ3n) is 4.83. The van der Waals surface area contributed by atoms with Crippen molar-refractivity contribution in [2.45, 2.75) is 13.0 Å². The van der Waals surface area contributed by atoms with E-state index in [2.05, 4.69) is 10.1 Å². The number of carbonyl (C=O) groups excluding carboxylic acids is 2. The molecule has 4 N–H and O–H groups in total. The molecule has 0 fully saturated rings. The smallest absolute Gasteiger partial charge is 0.244 e. The summed E-state index contributed by atoms with van der Waals surface area (Å²) in [5.74, 6) is -1.67. The van der Waals surface area contributed by atoms with Crippen molar-refractivity contribution in [3.63, 3.8) is 0 Å². The van der Waals surface area contributed by atoms with Gasteiger partial charge in [-0.15, -0.1) is 0 Å². The molecule has 8 nitrogen and oxygen atoms in total. The Kier molecular flexibility index (Phi) is 6.12. The number of carbonyl (C=O) groups is 2. The second-order valence-electron chi connectivity index (χ2n) is 7.05. The number of nitrogens with two attached hydrogens (primary N) is 2. The maximum atomic E-state index is 13.4. The average molecular weight is 486 g/mol. The molecule has 4 rings (SSSR count). The molecule has 0 radical (unpaired) electrons. The second-order valence-corrected chi connectivity index (χ2v) is 8.46. The van der Waals surface area contributed by atoms with Crippen molar-refractivity contribution in [3.8, 4) is 11.3 Å². The number of halogens is 2. The number of aromatic nitrogens is 2. The Bertz CT molecular complexity index is 1320. The van der Waals surface area contributed by atoms with E-state index in [9.17, 15) is 14.0 Å². The molecule has 0 saturated carbocycles. The predicted molar refractivity (Wildman–Crippen MR) is 124 cm³/mol. The predicted octanol–water partition coefficient (Wildman–Crippen LogP) is 4.42. The van der Waals surface area contributed by atoms with Crippen molar-refractivity contribution < 1.29 is 18.5 Å². The van der Waals surface area contributed by atoms with Crippen molar-refractivity contribution in [1.82, 2.24) is 10.1 Å². The summed E-state index contributed by atoms with van der Waals surface area (Å²) in [6, 6.07) is 13.0. The first kappa shape index (κ1) is 22.4. The number of primary amides is 1. The van der Waals surface area contributed by atoms with Gasteiger partial charge in [-0.3, -0.25) is 9.59 Å². The van der Waals surface area contributed by atoms with Crippen molar-refractivity contribution in [3.05, 3.63) is 76.1 Å². The van der Waals surface area contributed by atoms with Gasteiger partial charge in [-0.2, -0.15) is 0 Å². The zero-order valence-electron chi connectivity index (χ0n) is 17.2. The van der Waals surface area contributed by atoms with Gasteiger partial charge in [-0.05, 0) is 43.3 Å². The largest absolute Gasteiger partial charge is 0.382 e. The fourth-order valence-electron chi connectivity index (χ4n) is 3.07. The fourth-order valence-corrected chi connectivity index (χ4v) is 4.22. The minimum Gasteiger partial charge on any atom is -0.382 e. The molecule has 11 heteroatoms. The highest BCUT2D eigenvalue weighted by Crippen LogP contribution is 2.36. The monoisotopic (exact) mass is 485 g/mol. The Balaban J connectivity index is 1.68. The van der Waals surface area contributed by atoms with Crippen LogP contribution in [0.3, 0.4) is 0 Å². The molecule has 168 valence electrons. The molecule has 2 aromatic heterocycles. The second kappa shape index (κ2) is 9.00. The van der Waals surface area contributed by atoms with E-state index in [1.807, 2.05) is 0 Å². The highest BCUT2D eigenvalue weighted by atomic mass is 35.5. The van der Waals surface area contributed by atoms with Crippen LogP contribution in [0, 0.1) is 5.82 Å². The molecular weight excluding hydrogens is 469 g/mol. The number of nitrogens with zero attached hydrogens (tertiary/aromatic N) is 3. The zero-order chi connectivity index (χ0) is 23.7. The lowest BCUT2D eigenvalue weighted by Crippen LogP contribution is -2.39. The first-order valence-corrected chi connectivity index (χ1v) is 10.8. The van der Waals surface area contributed by atoms with Crippen LogP contribution < -0.4 is 16.4 Å². The van der Waals surface area contributed by atoms with E-state index >= 15 is 0 Å². The molecule has 0 saturated heterocycles. The Labute approximate surface area is 196 Å². The van der Waals surface area contributed by atoms with Crippen LogP contribution >= 0.6 is 22.9 Å². The Morgan fingerprint density at radius 1 is 1.15 bits per heavy atom.